The number of nitrogens with zero attached hydrogens (tertiary/aromatic N) is 1. The summed E-state index contributed by atoms with van der Waals surface area (Å²) in [6.45, 7) is 1.94. The van der Waals surface area contributed by atoms with Crippen LogP contribution in [0.2, 0.25) is 0 Å². The zero-order chi connectivity index (χ0) is 14.1. The molecule has 2 N–H and O–H groups in total. The van der Waals surface area contributed by atoms with Gasteiger partial charge in [-0.25, -0.2) is 9.59 Å². The topological polar surface area (TPSA) is 69.6 Å². The number of hydrogen-bond acceptors (Lipinski definition) is 4. The minimum Gasteiger partial charge on any atom is -0.480 e. The molecule has 0 aliphatic heterocycles. The van der Waals surface area contributed by atoms with E-state index in [1.807, 2.05) is 19.4 Å². The van der Waals surface area contributed by atoms with E-state index in [1.165, 1.54) is 0 Å². The van der Waals surface area contributed by atoms with Crippen LogP contribution in [-0.4, -0.2) is 65.2 Å². The van der Waals surface area contributed by atoms with E-state index >= 15 is 0 Å². The summed E-state index contributed by atoms with van der Waals surface area (Å²) in [5.41, 5.74) is 0. The summed E-state index contributed by atoms with van der Waals surface area (Å²) >= 11 is 3.22. The summed E-state index contributed by atoms with van der Waals surface area (Å²) in [4.78, 5) is 24.4. The zero-order valence-electron chi connectivity index (χ0n) is 11.3. The molecule has 5 nitrogen and oxygen atoms in total. The van der Waals surface area contributed by atoms with Crippen LogP contribution in [0.5, 0.6) is 0 Å². The van der Waals surface area contributed by atoms with Gasteiger partial charge in [0.1, 0.15) is 6.04 Å². The lowest BCUT2D eigenvalue weighted by atomic mass is 10.2. The summed E-state index contributed by atoms with van der Waals surface area (Å²) in [5, 5.41) is 11.6. The molecule has 0 aromatic heterocycles. The molecule has 18 heavy (non-hydrogen) atoms. The average molecular weight is 294 g/mol. The molecule has 7 heteroatoms. The number of carboxylic acid groups (broad SMARTS) is 1. The molecule has 106 valence electrons. The minimum absolute atomic E-state index is 0.0787. The number of thioether (sulfide) groups is 2. The van der Waals surface area contributed by atoms with Crippen LogP contribution in [0.4, 0.5) is 4.79 Å². The normalized spacial score (nSPS) is 13.8. The molecule has 2 atom stereocenters. The van der Waals surface area contributed by atoms with Crippen molar-refractivity contribution in [2.24, 2.45) is 0 Å². The second-order valence-electron chi connectivity index (χ2n) is 4.04. The third kappa shape index (κ3) is 6.39. The highest BCUT2D eigenvalue weighted by Crippen LogP contribution is 2.06. The van der Waals surface area contributed by atoms with Crippen molar-refractivity contribution < 1.29 is 14.7 Å². The summed E-state index contributed by atoms with van der Waals surface area (Å²) < 4.78 is 0. The fraction of sp³-hybridized carbons (Fsp3) is 0.818. The van der Waals surface area contributed by atoms with Crippen LogP contribution in [0, 0.1) is 0 Å². The number of hydrogen-bond donors (Lipinski definition) is 2. The lowest BCUT2D eigenvalue weighted by Crippen LogP contribution is -2.49. The third-order valence-electron chi connectivity index (χ3n) is 2.60. The Labute approximate surface area is 117 Å². The van der Waals surface area contributed by atoms with E-state index in [2.05, 4.69) is 5.32 Å². The molecule has 0 fully saturated rings. The Morgan fingerprint density at radius 1 is 1.33 bits per heavy atom. The van der Waals surface area contributed by atoms with E-state index in [4.69, 9.17) is 5.11 Å². The monoisotopic (exact) mass is 294 g/mol. The molecular weight excluding hydrogens is 272 g/mol. The number of rotatable bonds is 8. The van der Waals surface area contributed by atoms with Crippen molar-refractivity contribution in [3.8, 4) is 0 Å². The number of aliphatic carboxylic acids is 1. The van der Waals surface area contributed by atoms with Crippen LogP contribution in [0.25, 0.3) is 0 Å². The van der Waals surface area contributed by atoms with Gasteiger partial charge in [0.25, 0.3) is 0 Å². The molecule has 0 heterocycles. The fourth-order valence-corrected chi connectivity index (χ4v) is 2.47. The van der Waals surface area contributed by atoms with Crippen LogP contribution < -0.4 is 5.32 Å². The Kier molecular flexibility index (Phi) is 9.09. The molecule has 0 aliphatic rings. The van der Waals surface area contributed by atoms with E-state index in [9.17, 15) is 9.59 Å². The minimum atomic E-state index is -0.983. The first kappa shape index (κ1) is 17.4. The first-order chi connectivity index (χ1) is 8.43. The molecule has 0 spiro atoms. The van der Waals surface area contributed by atoms with Crippen molar-refractivity contribution in [3.05, 3.63) is 0 Å². The fourth-order valence-electron chi connectivity index (χ4n) is 1.30. The molecule has 0 radical (unpaired) electrons. The number of amides is 2. The van der Waals surface area contributed by atoms with Crippen molar-refractivity contribution in [1.82, 2.24) is 10.2 Å². The molecule has 0 aromatic rings. The maximum absolute atomic E-state index is 11.9. The summed E-state index contributed by atoms with van der Waals surface area (Å²) in [6, 6.07) is -1.06. The van der Waals surface area contributed by atoms with Crippen LogP contribution >= 0.6 is 23.5 Å². The lowest BCUT2D eigenvalue weighted by Gasteiger charge is -2.26. The molecular formula is C11H22N2O3S2. The number of carboxylic acids is 1. The maximum Gasteiger partial charge on any atom is 0.326 e. The maximum atomic E-state index is 11.9. The quantitative estimate of drug-likeness (QED) is 0.711. The van der Waals surface area contributed by atoms with E-state index in [0.29, 0.717) is 12.2 Å². The first-order valence-corrected chi connectivity index (χ1v) is 8.46. The van der Waals surface area contributed by atoms with Crippen molar-refractivity contribution in [2.45, 2.75) is 25.4 Å². The van der Waals surface area contributed by atoms with Gasteiger partial charge in [0, 0.05) is 18.8 Å². The molecule has 2 amide bonds. The van der Waals surface area contributed by atoms with Crippen LogP contribution in [0.1, 0.15) is 13.3 Å². The second-order valence-corrected chi connectivity index (χ2v) is 5.93. The lowest BCUT2D eigenvalue weighted by molar-refractivity contribution is -0.139. The molecule has 0 aliphatic carbocycles. The summed E-state index contributed by atoms with van der Waals surface area (Å²) in [5.74, 6) is 0.552. The number of carbonyl (C=O) groups is 2. The highest BCUT2D eigenvalue weighted by Gasteiger charge is 2.23. The molecule has 0 bridgehead atoms. The Balaban J connectivity index is 4.35. The SMILES string of the molecule is CSCCC(NC(=O)N(C)C(C)CSC)C(=O)O. The van der Waals surface area contributed by atoms with Crippen LogP contribution in [0.3, 0.4) is 0 Å². The number of nitrogens with one attached hydrogen (secondary N) is 1. The summed E-state index contributed by atoms with van der Waals surface area (Å²) in [6.07, 6.45) is 4.32. The molecule has 0 saturated carbocycles. The van der Waals surface area contributed by atoms with Crippen molar-refractivity contribution in [2.75, 3.05) is 31.1 Å². The highest BCUT2D eigenvalue weighted by molar-refractivity contribution is 7.98. The van der Waals surface area contributed by atoms with Gasteiger partial charge in [-0.2, -0.15) is 23.5 Å². The van der Waals surface area contributed by atoms with Crippen LogP contribution in [0.15, 0.2) is 0 Å². The van der Waals surface area contributed by atoms with E-state index in [1.54, 1.807) is 35.5 Å². The molecule has 0 aromatic carbocycles. The Morgan fingerprint density at radius 2 is 1.94 bits per heavy atom. The van der Waals surface area contributed by atoms with E-state index < -0.39 is 12.0 Å². The smallest absolute Gasteiger partial charge is 0.326 e. The largest absolute Gasteiger partial charge is 0.480 e. The first-order valence-electron chi connectivity index (χ1n) is 5.68. The van der Waals surface area contributed by atoms with Gasteiger partial charge in [0.05, 0.1) is 0 Å². The Morgan fingerprint density at radius 3 is 2.39 bits per heavy atom. The molecule has 0 saturated heterocycles. The predicted molar refractivity (Wildman–Crippen MR) is 78.6 cm³/mol. The van der Waals surface area contributed by atoms with Gasteiger partial charge in [0.15, 0.2) is 0 Å². The molecule has 0 rings (SSSR count). The van der Waals surface area contributed by atoms with Gasteiger partial charge in [-0.1, -0.05) is 0 Å². The van der Waals surface area contributed by atoms with Crippen molar-refractivity contribution in [3.63, 3.8) is 0 Å². The van der Waals surface area contributed by atoms with Gasteiger partial charge in [-0.05, 0) is 31.6 Å². The molecule has 2 unspecified atom stereocenters. The van der Waals surface area contributed by atoms with Crippen LogP contribution in [-0.2, 0) is 4.79 Å². The van der Waals surface area contributed by atoms with E-state index in [-0.39, 0.29) is 12.1 Å². The van der Waals surface area contributed by atoms with Crippen molar-refractivity contribution >= 4 is 35.5 Å². The van der Waals surface area contributed by atoms with Gasteiger partial charge < -0.3 is 15.3 Å². The number of urea groups is 1. The standard InChI is InChI=1S/C11H22N2O3S2/c1-8(7-18-4)13(2)11(16)12-9(10(14)15)5-6-17-3/h8-9H,5-7H2,1-4H3,(H,12,16)(H,14,15). The third-order valence-corrected chi connectivity index (χ3v) is 4.06. The highest BCUT2D eigenvalue weighted by atomic mass is 32.2. The average Bonchev–Trinajstić information content (AvgIpc) is 2.33. The number of carbonyl (C=O) groups excluding carboxylic acids is 1. The Bertz CT molecular complexity index is 277. The van der Waals surface area contributed by atoms with E-state index in [0.717, 1.165) is 5.75 Å². The van der Waals surface area contributed by atoms with Gasteiger partial charge >= 0.3 is 12.0 Å². The van der Waals surface area contributed by atoms with Gasteiger partial charge in [0.2, 0.25) is 0 Å². The second kappa shape index (κ2) is 9.38. The zero-order valence-corrected chi connectivity index (χ0v) is 12.9. The van der Waals surface area contributed by atoms with Gasteiger partial charge in [-0.3, -0.25) is 0 Å². The Hall–Kier alpha value is -0.560. The summed E-state index contributed by atoms with van der Waals surface area (Å²) in [7, 11) is 1.68. The van der Waals surface area contributed by atoms with Crippen molar-refractivity contribution in [1.29, 1.82) is 0 Å². The van der Waals surface area contributed by atoms with Gasteiger partial charge in [-0.15, -0.1) is 0 Å². The predicted octanol–water partition coefficient (Wildman–Crippen LogP) is 1.59.